The topological polar surface area (TPSA) is 43.4 Å². The highest BCUT2D eigenvalue weighted by Crippen LogP contribution is 2.82. The van der Waals surface area contributed by atoms with Crippen LogP contribution in [0.25, 0.3) is 0 Å². The molecule has 0 aromatic heterocycles. The van der Waals surface area contributed by atoms with Crippen LogP contribution in [0.15, 0.2) is 23.8 Å². The number of carbonyl (C=O) groups excluding carboxylic acids is 2. The van der Waals surface area contributed by atoms with Gasteiger partial charge in [-0.2, -0.15) is 0 Å². The molecule has 27 heavy (non-hydrogen) atoms. The zero-order valence-electron chi connectivity index (χ0n) is 16.2. The molecule has 6 aliphatic carbocycles. The van der Waals surface area contributed by atoms with Crippen molar-refractivity contribution in [2.24, 2.45) is 52.3 Å². The molecule has 1 heterocycles. The SMILES string of the molecule is C[C@]12C=CC(=O)C=C1[C@@H]1CC1[C@H]1[C@@H]3[C@@H]4C[C@@H]4[C@@]4(CCC(=O)O4)[C@@]3(C)CC[C@@H]12. The number of hydrogen-bond donors (Lipinski definition) is 0. The van der Waals surface area contributed by atoms with Crippen LogP contribution in [0.3, 0.4) is 0 Å². The Bertz CT molecular complexity index is 869. The van der Waals surface area contributed by atoms with E-state index < -0.39 is 0 Å². The van der Waals surface area contributed by atoms with Crippen molar-refractivity contribution < 1.29 is 14.3 Å². The number of ketones is 1. The molecule has 1 aliphatic heterocycles. The van der Waals surface area contributed by atoms with Crippen LogP contribution in [0.5, 0.6) is 0 Å². The van der Waals surface area contributed by atoms with E-state index in [1.54, 1.807) is 0 Å². The minimum Gasteiger partial charge on any atom is -0.458 e. The number of esters is 1. The quantitative estimate of drug-likeness (QED) is 0.608. The maximum absolute atomic E-state index is 12.1. The molecule has 7 rings (SSSR count). The summed E-state index contributed by atoms with van der Waals surface area (Å²) in [7, 11) is 0. The largest absolute Gasteiger partial charge is 0.458 e. The third kappa shape index (κ3) is 1.53. The fourth-order valence-corrected chi connectivity index (χ4v) is 9.38. The number of fused-ring (bicyclic) bond motifs is 12. The van der Waals surface area contributed by atoms with Crippen molar-refractivity contribution in [3.05, 3.63) is 23.8 Å². The maximum atomic E-state index is 12.1. The Morgan fingerprint density at radius 1 is 1.07 bits per heavy atom. The van der Waals surface area contributed by atoms with Gasteiger partial charge in [0.05, 0.1) is 0 Å². The molecule has 0 radical (unpaired) electrons. The maximum Gasteiger partial charge on any atom is 0.306 e. The van der Waals surface area contributed by atoms with Crippen molar-refractivity contribution in [1.29, 1.82) is 0 Å². The van der Waals surface area contributed by atoms with Gasteiger partial charge in [-0.15, -0.1) is 0 Å². The number of hydrogen-bond acceptors (Lipinski definition) is 3. The van der Waals surface area contributed by atoms with Crippen molar-refractivity contribution in [1.82, 2.24) is 0 Å². The Morgan fingerprint density at radius 2 is 1.93 bits per heavy atom. The highest BCUT2D eigenvalue weighted by atomic mass is 16.6. The van der Waals surface area contributed by atoms with E-state index in [1.807, 2.05) is 12.2 Å². The van der Waals surface area contributed by atoms with Crippen LogP contribution in [0, 0.1) is 52.3 Å². The van der Waals surface area contributed by atoms with Crippen LogP contribution in [0.4, 0.5) is 0 Å². The third-order valence-corrected chi connectivity index (χ3v) is 10.5. The van der Waals surface area contributed by atoms with Crippen LogP contribution >= 0.6 is 0 Å². The van der Waals surface area contributed by atoms with Gasteiger partial charge in [-0.05, 0) is 79.8 Å². The second-order valence-corrected chi connectivity index (χ2v) is 11.2. The monoisotopic (exact) mass is 364 g/mol. The first-order valence-corrected chi connectivity index (χ1v) is 11.1. The van der Waals surface area contributed by atoms with E-state index in [2.05, 4.69) is 19.9 Å². The van der Waals surface area contributed by atoms with Crippen molar-refractivity contribution in [2.75, 3.05) is 0 Å². The van der Waals surface area contributed by atoms with Gasteiger partial charge in [0.25, 0.3) is 0 Å². The molecule has 10 atom stereocenters. The molecular formula is C24H28O3. The first kappa shape index (κ1) is 15.5. The molecule has 5 saturated carbocycles. The van der Waals surface area contributed by atoms with Gasteiger partial charge in [0, 0.05) is 23.2 Å². The summed E-state index contributed by atoms with van der Waals surface area (Å²) in [6, 6.07) is 0. The van der Waals surface area contributed by atoms with Crippen molar-refractivity contribution >= 4 is 11.8 Å². The summed E-state index contributed by atoms with van der Waals surface area (Å²) in [6.45, 7) is 4.88. The lowest BCUT2D eigenvalue weighted by Gasteiger charge is -2.59. The van der Waals surface area contributed by atoms with Gasteiger partial charge in [-0.1, -0.05) is 25.5 Å². The van der Waals surface area contributed by atoms with E-state index in [9.17, 15) is 9.59 Å². The molecule has 0 amide bonds. The van der Waals surface area contributed by atoms with Gasteiger partial charge < -0.3 is 4.74 Å². The molecule has 6 fully saturated rings. The second-order valence-electron chi connectivity index (χ2n) is 11.2. The summed E-state index contributed by atoms with van der Waals surface area (Å²) in [5.74, 6) is 5.16. The van der Waals surface area contributed by atoms with Crippen LogP contribution in [-0.2, 0) is 14.3 Å². The molecule has 0 N–H and O–H groups in total. The molecule has 1 unspecified atom stereocenters. The summed E-state index contributed by atoms with van der Waals surface area (Å²) in [4.78, 5) is 24.2. The van der Waals surface area contributed by atoms with Gasteiger partial charge in [0.2, 0.25) is 0 Å². The fourth-order valence-electron chi connectivity index (χ4n) is 9.38. The van der Waals surface area contributed by atoms with E-state index in [1.165, 1.54) is 31.3 Å². The van der Waals surface area contributed by atoms with Crippen molar-refractivity contribution in [3.63, 3.8) is 0 Å². The summed E-state index contributed by atoms with van der Waals surface area (Å²) < 4.78 is 6.20. The fraction of sp³-hybridized carbons (Fsp3) is 0.750. The number of carbonyl (C=O) groups is 2. The van der Waals surface area contributed by atoms with Gasteiger partial charge >= 0.3 is 5.97 Å². The summed E-state index contributed by atoms with van der Waals surface area (Å²) in [5.41, 5.74) is 1.54. The van der Waals surface area contributed by atoms with E-state index in [0.29, 0.717) is 30.1 Å². The lowest BCUT2D eigenvalue weighted by atomic mass is 9.46. The molecule has 3 heteroatoms. The van der Waals surface area contributed by atoms with Crippen molar-refractivity contribution in [3.8, 4) is 0 Å². The lowest BCUT2D eigenvalue weighted by molar-refractivity contribution is -0.176. The van der Waals surface area contributed by atoms with Gasteiger partial charge in [-0.3, -0.25) is 9.59 Å². The predicted octanol–water partition coefficient (Wildman–Crippen LogP) is 4.08. The van der Waals surface area contributed by atoms with E-state index in [0.717, 1.165) is 24.2 Å². The molecule has 142 valence electrons. The average molecular weight is 364 g/mol. The Morgan fingerprint density at radius 3 is 2.70 bits per heavy atom. The highest BCUT2D eigenvalue weighted by molar-refractivity contribution is 6.01. The second kappa shape index (κ2) is 4.28. The zero-order chi connectivity index (χ0) is 18.3. The molecule has 1 saturated heterocycles. The van der Waals surface area contributed by atoms with Gasteiger partial charge in [0.1, 0.15) is 5.60 Å². The number of allylic oxidation sites excluding steroid dienone is 4. The van der Waals surface area contributed by atoms with Gasteiger partial charge in [0.15, 0.2) is 5.78 Å². The summed E-state index contributed by atoms with van der Waals surface area (Å²) >= 11 is 0. The molecule has 1 spiro atoms. The van der Waals surface area contributed by atoms with Gasteiger partial charge in [-0.25, -0.2) is 0 Å². The summed E-state index contributed by atoms with van der Waals surface area (Å²) in [6.07, 6.45) is 12.6. The molecular weight excluding hydrogens is 336 g/mol. The van der Waals surface area contributed by atoms with E-state index in [-0.39, 0.29) is 28.2 Å². The van der Waals surface area contributed by atoms with Crippen molar-refractivity contribution in [2.45, 2.75) is 58.0 Å². The average Bonchev–Trinajstić information content (AvgIpc) is 3.53. The standard InChI is InChI=1S/C24H28O3/c1-22-6-3-12(25)9-17(22)13-10-14(13)20-16(22)4-7-23(2)21(20)15-11-18(15)24(23)8-5-19(26)27-24/h3,6,9,13-16,18,20-21H,4-5,7-8,10-11H2,1-2H3/t13-,14?,15-,16+,18+,20-,21+,22-,23+,24+/m1/s1. The van der Waals surface area contributed by atoms with E-state index in [4.69, 9.17) is 4.74 Å². The normalized spacial score (nSPS) is 61.4. The predicted molar refractivity (Wildman–Crippen MR) is 99.4 cm³/mol. The Kier molecular flexibility index (Phi) is 2.46. The highest BCUT2D eigenvalue weighted by Gasteiger charge is 2.80. The number of ether oxygens (including phenoxy) is 1. The number of rotatable bonds is 0. The molecule has 0 bridgehead atoms. The van der Waals surface area contributed by atoms with Crippen LogP contribution in [0.1, 0.15) is 52.4 Å². The lowest BCUT2D eigenvalue weighted by Crippen LogP contribution is -2.57. The Hall–Kier alpha value is -1.38. The smallest absolute Gasteiger partial charge is 0.306 e. The zero-order valence-corrected chi connectivity index (χ0v) is 16.2. The van der Waals surface area contributed by atoms with E-state index >= 15 is 0 Å². The minimum atomic E-state index is -0.149. The van der Waals surface area contributed by atoms with Crippen LogP contribution in [0.2, 0.25) is 0 Å². The molecule has 0 aromatic rings. The summed E-state index contributed by atoms with van der Waals surface area (Å²) in [5, 5.41) is 0. The third-order valence-electron chi connectivity index (χ3n) is 10.5. The Balaban J connectivity index is 1.34. The molecule has 3 nitrogen and oxygen atoms in total. The van der Waals surface area contributed by atoms with Crippen LogP contribution in [-0.4, -0.2) is 17.4 Å². The molecule has 7 aliphatic rings. The Labute approximate surface area is 160 Å². The first-order valence-electron chi connectivity index (χ1n) is 11.1. The van der Waals surface area contributed by atoms with Crippen LogP contribution < -0.4 is 0 Å². The first-order chi connectivity index (χ1) is 12.9. The molecule has 0 aromatic carbocycles. The minimum absolute atomic E-state index is 0.0449.